The van der Waals surface area contributed by atoms with Crippen LogP contribution in [-0.2, 0) is 14.3 Å². The number of hydrogen-bond donors (Lipinski definition) is 0. The zero-order valence-corrected chi connectivity index (χ0v) is 13.6. The van der Waals surface area contributed by atoms with Crippen molar-refractivity contribution in [3.05, 3.63) is 67.4 Å². The molecule has 0 aliphatic carbocycles. The van der Waals surface area contributed by atoms with E-state index in [1.54, 1.807) is 6.07 Å². The molecule has 5 heteroatoms. The molecule has 0 radical (unpaired) electrons. The van der Waals surface area contributed by atoms with Crippen LogP contribution in [0.5, 0.6) is 0 Å². The Morgan fingerprint density at radius 1 is 0.952 bits per heavy atom. The van der Waals surface area contributed by atoms with E-state index >= 15 is 0 Å². The molecular formula is C16H14MgO3S. The van der Waals surface area contributed by atoms with Gasteiger partial charge < -0.3 is 7.04 Å². The predicted molar refractivity (Wildman–Crippen MR) is 87.9 cm³/mol. The van der Waals surface area contributed by atoms with Crippen molar-refractivity contribution in [2.45, 2.75) is 4.90 Å². The van der Waals surface area contributed by atoms with Crippen molar-refractivity contribution in [2.24, 2.45) is 0 Å². The summed E-state index contributed by atoms with van der Waals surface area (Å²) in [4.78, 5) is 0.153. The van der Waals surface area contributed by atoms with Gasteiger partial charge in [0.15, 0.2) is 0 Å². The zero-order chi connectivity index (χ0) is 14.2. The van der Waals surface area contributed by atoms with Crippen LogP contribution in [0.3, 0.4) is 0 Å². The van der Waals surface area contributed by atoms with Crippen molar-refractivity contribution in [3.63, 3.8) is 0 Å². The van der Waals surface area contributed by atoms with Crippen LogP contribution in [-0.4, -0.2) is 31.5 Å². The molecule has 0 heterocycles. The van der Waals surface area contributed by atoms with Gasteiger partial charge in [-0.1, -0.05) is 43.0 Å². The molecule has 0 N–H and O–H groups in total. The summed E-state index contributed by atoms with van der Waals surface area (Å²) in [6.45, 7) is 3.30. The number of hydrogen-bond acceptors (Lipinski definition) is 3. The van der Waals surface area contributed by atoms with Crippen LogP contribution in [0, 0.1) is 0 Å². The third-order valence-corrected chi connectivity index (χ3v) is 4.45. The smallest absolute Gasteiger partial charge is 1.00 e. The van der Waals surface area contributed by atoms with E-state index in [0.717, 1.165) is 22.4 Å². The average Bonchev–Trinajstić information content (AvgIpc) is 2.44. The molecule has 3 aromatic rings. The Morgan fingerprint density at radius 3 is 2.24 bits per heavy atom. The largest absolute Gasteiger partial charge is 2.00 e. The van der Waals surface area contributed by atoms with Crippen molar-refractivity contribution >= 4 is 54.7 Å². The van der Waals surface area contributed by atoms with E-state index in [1.807, 2.05) is 42.5 Å². The molecule has 0 saturated heterocycles. The first kappa shape index (κ1) is 15.8. The Bertz CT molecular complexity index is 927. The Balaban J connectivity index is 0.00000161. The van der Waals surface area contributed by atoms with E-state index in [-0.39, 0.29) is 30.8 Å². The van der Waals surface area contributed by atoms with Crippen molar-refractivity contribution in [2.75, 3.05) is 0 Å². The molecule has 0 bridgehead atoms. The summed E-state index contributed by atoms with van der Waals surface area (Å²) in [5, 5.41) is 3.56. The molecule has 0 amide bonds. The topological polar surface area (TPSA) is 43.4 Å². The van der Waals surface area contributed by atoms with Gasteiger partial charge in [0.2, 0.25) is 0 Å². The third kappa shape index (κ3) is 2.90. The predicted octanol–water partition coefficient (Wildman–Crippen LogP) is 3.69. The first-order valence-corrected chi connectivity index (χ1v) is 7.48. The Labute approximate surface area is 142 Å². The molecule has 104 valence electrons. The van der Waals surface area contributed by atoms with E-state index in [2.05, 4.69) is 10.8 Å². The fourth-order valence-corrected chi connectivity index (χ4v) is 3.27. The molecule has 0 unspecified atom stereocenters. The van der Waals surface area contributed by atoms with E-state index < -0.39 is 10.1 Å². The van der Waals surface area contributed by atoms with Crippen LogP contribution >= 0.6 is 0 Å². The van der Waals surface area contributed by atoms with Gasteiger partial charge >= 0.3 is 33.2 Å². The van der Waals surface area contributed by atoms with Crippen molar-refractivity contribution in [1.29, 1.82) is 0 Å². The summed E-state index contributed by atoms with van der Waals surface area (Å²) in [6.07, 6.45) is 0.926. The molecule has 0 aromatic heterocycles. The number of fused-ring (bicyclic) bond motifs is 2. The van der Waals surface area contributed by atoms with Crippen LogP contribution in [0.4, 0.5) is 0 Å². The molecular weight excluding hydrogens is 297 g/mol. The van der Waals surface area contributed by atoms with Gasteiger partial charge in [-0.3, -0.25) is 0 Å². The van der Waals surface area contributed by atoms with Crippen LogP contribution in [0.15, 0.2) is 72.3 Å². The van der Waals surface area contributed by atoms with Crippen LogP contribution < -0.4 is 0 Å². The van der Waals surface area contributed by atoms with Gasteiger partial charge in [0.05, 0.1) is 6.26 Å². The van der Waals surface area contributed by atoms with Crippen molar-refractivity contribution in [1.82, 2.24) is 0 Å². The molecule has 3 aromatic carbocycles. The van der Waals surface area contributed by atoms with Gasteiger partial charge in [-0.25, -0.2) is 0 Å². The van der Waals surface area contributed by atoms with E-state index in [0.29, 0.717) is 5.39 Å². The molecule has 0 atom stereocenters. The normalized spacial score (nSPS) is 11.0. The Hall–Kier alpha value is -1.56. The fraction of sp³-hybridized carbons (Fsp3) is 0. The maximum Gasteiger partial charge on any atom is 2.00 e. The number of benzene rings is 3. The second kappa shape index (κ2) is 6.05. The Kier molecular flexibility index (Phi) is 4.56. The minimum atomic E-state index is -3.82. The van der Waals surface area contributed by atoms with E-state index in [1.165, 1.54) is 6.07 Å². The average molecular weight is 311 g/mol. The first-order valence-electron chi connectivity index (χ1n) is 6.07. The van der Waals surface area contributed by atoms with Gasteiger partial charge in [0, 0.05) is 5.39 Å². The monoisotopic (exact) mass is 310 g/mol. The molecule has 0 aliphatic heterocycles. The van der Waals surface area contributed by atoms with Crippen LogP contribution in [0.25, 0.3) is 21.5 Å². The first-order chi connectivity index (χ1) is 9.62. The quantitative estimate of drug-likeness (QED) is 0.321. The fourth-order valence-electron chi connectivity index (χ4n) is 2.30. The second-order valence-electron chi connectivity index (χ2n) is 4.39. The summed E-state index contributed by atoms with van der Waals surface area (Å²) in [7, 11) is -3.82. The SMILES string of the molecule is C=COS(=O)(=O)c1cccc2cc3ccccc3cc12.[H-].[H-].[Mg+2]. The standard InChI is InChI=1S/C16H12O3S.Mg.2H/c1-2-19-20(17,18)16-9-5-8-14-10-12-6-3-4-7-13(12)11-15(14)16;;;/h2-11H,1H2;;;/q;+2;2*-1. The molecule has 0 aliphatic rings. The summed E-state index contributed by atoms with van der Waals surface area (Å²) >= 11 is 0. The van der Waals surface area contributed by atoms with Gasteiger partial charge in [0.1, 0.15) is 4.90 Å². The third-order valence-electron chi connectivity index (χ3n) is 3.17. The van der Waals surface area contributed by atoms with Crippen LogP contribution in [0.1, 0.15) is 2.85 Å². The van der Waals surface area contributed by atoms with Gasteiger partial charge in [-0.2, -0.15) is 8.42 Å². The maximum absolute atomic E-state index is 12.1. The minimum Gasteiger partial charge on any atom is -1.00 e. The van der Waals surface area contributed by atoms with Gasteiger partial charge in [-0.05, 0) is 34.4 Å². The Morgan fingerprint density at radius 2 is 1.57 bits per heavy atom. The van der Waals surface area contributed by atoms with Gasteiger partial charge in [-0.15, -0.1) is 0 Å². The van der Waals surface area contributed by atoms with Crippen molar-refractivity contribution in [3.8, 4) is 0 Å². The summed E-state index contributed by atoms with van der Waals surface area (Å²) in [5.41, 5.74) is 0. The minimum absolute atomic E-state index is 0. The molecule has 21 heavy (non-hydrogen) atoms. The molecule has 3 nitrogen and oxygen atoms in total. The van der Waals surface area contributed by atoms with E-state index in [4.69, 9.17) is 0 Å². The molecule has 0 spiro atoms. The van der Waals surface area contributed by atoms with E-state index in [9.17, 15) is 8.42 Å². The second-order valence-corrected chi connectivity index (χ2v) is 5.93. The molecule has 0 fully saturated rings. The zero-order valence-electron chi connectivity index (χ0n) is 13.3. The van der Waals surface area contributed by atoms with Crippen molar-refractivity contribution < 1.29 is 15.5 Å². The molecule has 3 rings (SSSR count). The maximum atomic E-state index is 12.1. The summed E-state index contributed by atoms with van der Waals surface area (Å²) in [5.74, 6) is 0. The molecule has 0 saturated carbocycles. The van der Waals surface area contributed by atoms with Crippen LogP contribution in [0.2, 0.25) is 0 Å². The summed E-state index contributed by atoms with van der Waals surface area (Å²) in [6, 6.07) is 16.8. The van der Waals surface area contributed by atoms with Gasteiger partial charge in [0.25, 0.3) is 0 Å². The number of rotatable bonds is 3. The summed E-state index contributed by atoms with van der Waals surface area (Å²) < 4.78 is 28.8.